The van der Waals surface area contributed by atoms with Gasteiger partial charge in [0, 0.05) is 12.1 Å². The molecule has 1 heterocycles. The fraction of sp³-hybridized carbons (Fsp3) is 0.667. The highest BCUT2D eigenvalue weighted by atomic mass is 32.1. The van der Waals surface area contributed by atoms with E-state index >= 15 is 0 Å². The van der Waals surface area contributed by atoms with Crippen LogP contribution in [-0.4, -0.2) is 16.9 Å². The summed E-state index contributed by atoms with van der Waals surface area (Å²) < 4.78 is 74.7. The van der Waals surface area contributed by atoms with Crippen molar-refractivity contribution in [2.45, 2.75) is 38.0 Å². The molecule has 0 amide bonds. The zero-order valence-electron chi connectivity index (χ0n) is 10.6. The first-order valence-corrected chi connectivity index (χ1v) is 7.04. The molecule has 1 fully saturated rings. The van der Waals surface area contributed by atoms with Crippen molar-refractivity contribution < 1.29 is 31.1 Å². The van der Waals surface area contributed by atoms with Crippen LogP contribution in [0.2, 0.25) is 0 Å². The summed E-state index contributed by atoms with van der Waals surface area (Å²) in [5.41, 5.74) is 0. The molecule has 1 aromatic rings. The third kappa shape index (κ3) is 3.75. The molecule has 2 rings (SSSR count). The summed E-state index contributed by atoms with van der Waals surface area (Å²) in [5.74, 6) is -2.61. The smallest absolute Gasteiger partial charge is 0.293 e. The Balaban J connectivity index is 2.01. The second kappa shape index (κ2) is 5.58. The number of Topliss-reactive ketones (excluding diaryl/α,β-unsaturated/α-hetero) is 1. The molecule has 9 heteroatoms. The predicted molar refractivity (Wildman–Crippen MR) is 62.9 cm³/mol. The molecule has 0 atom stereocenters. The third-order valence-corrected chi connectivity index (χ3v) is 4.61. The molecular weight excluding hydrogens is 320 g/mol. The molecule has 0 aromatic carbocycles. The first-order valence-electron chi connectivity index (χ1n) is 6.23. The fourth-order valence-electron chi connectivity index (χ4n) is 2.40. The van der Waals surface area contributed by atoms with E-state index in [2.05, 4.69) is 4.98 Å². The Labute approximate surface area is 120 Å². The van der Waals surface area contributed by atoms with Gasteiger partial charge in [-0.1, -0.05) is 0 Å². The van der Waals surface area contributed by atoms with Gasteiger partial charge in [-0.25, -0.2) is 4.98 Å². The zero-order valence-corrected chi connectivity index (χ0v) is 11.4. The SMILES string of the molecule is O=C(c1cnc(C(F)(F)F)s1)C1CCC(C(F)(F)F)CC1. The van der Waals surface area contributed by atoms with Crippen molar-refractivity contribution in [3.63, 3.8) is 0 Å². The number of hydrogen-bond donors (Lipinski definition) is 0. The number of thiazole rings is 1. The lowest BCUT2D eigenvalue weighted by Gasteiger charge is -2.28. The van der Waals surface area contributed by atoms with Gasteiger partial charge >= 0.3 is 12.4 Å². The van der Waals surface area contributed by atoms with E-state index in [1.54, 1.807) is 0 Å². The number of ketones is 1. The Morgan fingerprint density at radius 3 is 2.10 bits per heavy atom. The topological polar surface area (TPSA) is 30.0 Å². The quantitative estimate of drug-likeness (QED) is 0.580. The maximum Gasteiger partial charge on any atom is 0.443 e. The summed E-state index contributed by atoms with van der Waals surface area (Å²) in [7, 11) is 0. The zero-order chi connectivity index (χ0) is 15.8. The van der Waals surface area contributed by atoms with Crippen LogP contribution in [0.15, 0.2) is 6.20 Å². The molecule has 1 aliphatic rings. The van der Waals surface area contributed by atoms with Crippen LogP contribution in [0.5, 0.6) is 0 Å². The normalized spacial score (nSPS) is 24.1. The van der Waals surface area contributed by atoms with Crippen LogP contribution in [0.25, 0.3) is 0 Å². The number of nitrogens with zero attached hydrogens (tertiary/aromatic N) is 1. The molecule has 0 unspecified atom stereocenters. The largest absolute Gasteiger partial charge is 0.443 e. The van der Waals surface area contributed by atoms with Gasteiger partial charge in [-0.05, 0) is 25.7 Å². The van der Waals surface area contributed by atoms with Crippen molar-refractivity contribution in [2.24, 2.45) is 11.8 Å². The number of alkyl halides is 6. The maximum atomic E-state index is 12.5. The molecular formula is C12H11F6NOS. The summed E-state index contributed by atoms with van der Waals surface area (Å²) in [6.07, 6.45) is -8.27. The van der Waals surface area contributed by atoms with E-state index in [9.17, 15) is 31.1 Å². The van der Waals surface area contributed by atoms with Crippen molar-refractivity contribution in [3.8, 4) is 0 Å². The Bertz CT molecular complexity index is 513. The fourth-order valence-corrected chi connectivity index (χ4v) is 3.21. The molecule has 0 radical (unpaired) electrons. The van der Waals surface area contributed by atoms with Crippen LogP contribution >= 0.6 is 11.3 Å². The van der Waals surface area contributed by atoms with Gasteiger partial charge in [-0.15, -0.1) is 11.3 Å². The van der Waals surface area contributed by atoms with Gasteiger partial charge in [0.05, 0.1) is 10.8 Å². The second-order valence-corrected chi connectivity index (χ2v) is 6.01. The minimum Gasteiger partial charge on any atom is -0.293 e. The number of carbonyl (C=O) groups is 1. The summed E-state index contributed by atoms with van der Waals surface area (Å²) in [5, 5.41) is -1.12. The first kappa shape index (κ1) is 16.3. The maximum absolute atomic E-state index is 12.5. The molecule has 1 aliphatic carbocycles. The molecule has 0 spiro atoms. The van der Waals surface area contributed by atoms with E-state index in [4.69, 9.17) is 0 Å². The van der Waals surface area contributed by atoms with Crippen LogP contribution in [0, 0.1) is 11.8 Å². The van der Waals surface area contributed by atoms with Crippen molar-refractivity contribution in [2.75, 3.05) is 0 Å². The highest BCUT2D eigenvalue weighted by Crippen LogP contribution is 2.41. The van der Waals surface area contributed by atoms with Crippen LogP contribution in [0.1, 0.15) is 40.4 Å². The van der Waals surface area contributed by atoms with Crippen molar-refractivity contribution in [3.05, 3.63) is 16.1 Å². The van der Waals surface area contributed by atoms with Crippen LogP contribution in [-0.2, 0) is 6.18 Å². The summed E-state index contributed by atoms with van der Waals surface area (Å²) in [4.78, 5) is 15.0. The summed E-state index contributed by atoms with van der Waals surface area (Å²) in [6.45, 7) is 0. The van der Waals surface area contributed by atoms with E-state index < -0.39 is 35.0 Å². The molecule has 0 bridgehead atoms. The number of hydrogen-bond acceptors (Lipinski definition) is 3. The number of rotatable bonds is 2. The minimum atomic E-state index is -4.61. The standard InChI is InChI=1S/C12H11F6NOS/c13-11(14,15)7-3-1-6(2-4-7)9(20)8-5-19-10(21-8)12(16,17)18/h5-7H,1-4H2. The van der Waals surface area contributed by atoms with Crippen molar-refractivity contribution in [1.29, 1.82) is 0 Å². The van der Waals surface area contributed by atoms with Gasteiger partial charge in [-0.2, -0.15) is 26.3 Å². The van der Waals surface area contributed by atoms with Crippen LogP contribution in [0.4, 0.5) is 26.3 Å². The second-order valence-electron chi connectivity index (χ2n) is 4.98. The molecule has 0 aliphatic heterocycles. The van der Waals surface area contributed by atoms with E-state index in [1.165, 1.54) is 0 Å². The average molecular weight is 331 g/mol. The van der Waals surface area contributed by atoms with Gasteiger partial charge in [0.1, 0.15) is 0 Å². The Morgan fingerprint density at radius 1 is 1.10 bits per heavy atom. The molecule has 1 aromatic heterocycles. The lowest BCUT2D eigenvalue weighted by atomic mass is 9.79. The van der Waals surface area contributed by atoms with Gasteiger partial charge in [0.25, 0.3) is 0 Å². The Morgan fingerprint density at radius 2 is 1.67 bits per heavy atom. The predicted octanol–water partition coefficient (Wildman–Crippen LogP) is 4.71. The number of halogens is 6. The highest BCUT2D eigenvalue weighted by Gasteiger charge is 2.43. The van der Waals surface area contributed by atoms with E-state index in [0.717, 1.165) is 6.20 Å². The van der Waals surface area contributed by atoms with Gasteiger partial charge in [-0.3, -0.25) is 4.79 Å². The third-order valence-electron chi connectivity index (χ3n) is 3.55. The number of aromatic nitrogens is 1. The monoisotopic (exact) mass is 331 g/mol. The van der Waals surface area contributed by atoms with E-state index in [0.29, 0.717) is 0 Å². The summed E-state index contributed by atoms with van der Waals surface area (Å²) >= 11 is 0.240. The van der Waals surface area contributed by atoms with Crippen molar-refractivity contribution in [1.82, 2.24) is 4.98 Å². The summed E-state index contributed by atoms with van der Waals surface area (Å²) in [6, 6.07) is 0. The Hall–Kier alpha value is -1.12. The van der Waals surface area contributed by atoms with Crippen LogP contribution in [0.3, 0.4) is 0 Å². The first-order chi connectivity index (χ1) is 9.59. The molecule has 0 N–H and O–H groups in total. The average Bonchev–Trinajstić information content (AvgIpc) is 2.86. The van der Waals surface area contributed by atoms with Crippen LogP contribution < -0.4 is 0 Å². The molecule has 0 saturated heterocycles. The van der Waals surface area contributed by atoms with E-state index in [-0.39, 0.29) is 41.9 Å². The molecule has 1 saturated carbocycles. The Kier molecular flexibility index (Phi) is 4.32. The molecule has 2 nitrogen and oxygen atoms in total. The van der Waals surface area contributed by atoms with Gasteiger partial charge < -0.3 is 0 Å². The van der Waals surface area contributed by atoms with Gasteiger partial charge in [0.2, 0.25) is 0 Å². The molecule has 21 heavy (non-hydrogen) atoms. The number of carbonyl (C=O) groups excluding carboxylic acids is 1. The van der Waals surface area contributed by atoms with Gasteiger partial charge in [0.15, 0.2) is 10.8 Å². The lowest BCUT2D eigenvalue weighted by molar-refractivity contribution is -0.183. The molecule has 118 valence electrons. The highest BCUT2D eigenvalue weighted by molar-refractivity contribution is 7.13. The minimum absolute atomic E-state index is 0.0439. The van der Waals surface area contributed by atoms with Crippen molar-refractivity contribution >= 4 is 17.1 Å². The lowest BCUT2D eigenvalue weighted by Crippen LogP contribution is -2.30. The van der Waals surface area contributed by atoms with E-state index in [1.807, 2.05) is 0 Å².